The molecular weight excluding hydrogens is 302 g/mol. The molecule has 0 radical (unpaired) electrons. The van der Waals surface area contributed by atoms with Gasteiger partial charge in [0.05, 0.1) is 19.3 Å². The standard InChI is InChI=1S/C20H23NO3/c1-14(2)13-24-16-7-5-6-15(12-16)20(22)21-18-10-11-23-19-9-4-3-8-17(18)19/h3-9,12,14,18H,10-11,13H2,1-2H3,(H,21,22)/t18-/m0/s1. The van der Waals surface area contributed by atoms with E-state index in [0.29, 0.717) is 24.7 Å². The average molecular weight is 325 g/mol. The van der Waals surface area contributed by atoms with Crippen LogP contribution < -0.4 is 14.8 Å². The van der Waals surface area contributed by atoms with Gasteiger partial charge in [0.2, 0.25) is 0 Å². The molecule has 1 atom stereocenters. The summed E-state index contributed by atoms with van der Waals surface area (Å²) in [6.45, 7) is 5.44. The van der Waals surface area contributed by atoms with Crippen LogP contribution in [0.2, 0.25) is 0 Å². The van der Waals surface area contributed by atoms with Gasteiger partial charge in [0.25, 0.3) is 5.91 Å². The minimum Gasteiger partial charge on any atom is -0.493 e. The van der Waals surface area contributed by atoms with Crippen molar-refractivity contribution in [2.45, 2.75) is 26.3 Å². The molecule has 0 spiro atoms. The van der Waals surface area contributed by atoms with Gasteiger partial charge >= 0.3 is 0 Å². The zero-order valence-electron chi connectivity index (χ0n) is 14.1. The fourth-order valence-corrected chi connectivity index (χ4v) is 2.72. The minimum atomic E-state index is -0.0910. The highest BCUT2D eigenvalue weighted by molar-refractivity contribution is 5.94. The van der Waals surface area contributed by atoms with Crippen LogP contribution in [0.3, 0.4) is 0 Å². The Bertz CT molecular complexity index is 712. The summed E-state index contributed by atoms with van der Waals surface area (Å²) in [7, 11) is 0. The highest BCUT2D eigenvalue weighted by atomic mass is 16.5. The Morgan fingerprint density at radius 1 is 1.25 bits per heavy atom. The van der Waals surface area contributed by atoms with E-state index in [1.807, 2.05) is 42.5 Å². The van der Waals surface area contributed by atoms with Crippen molar-refractivity contribution in [3.8, 4) is 11.5 Å². The molecule has 1 aliphatic rings. The number of carbonyl (C=O) groups is 1. The number of carbonyl (C=O) groups excluding carboxylic acids is 1. The maximum atomic E-state index is 12.6. The first-order valence-electron chi connectivity index (χ1n) is 8.39. The molecule has 1 amide bonds. The van der Waals surface area contributed by atoms with Gasteiger partial charge in [-0.25, -0.2) is 0 Å². The Hall–Kier alpha value is -2.49. The molecule has 1 N–H and O–H groups in total. The fraction of sp³-hybridized carbons (Fsp3) is 0.350. The Morgan fingerprint density at radius 3 is 2.92 bits per heavy atom. The van der Waals surface area contributed by atoms with Crippen LogP contribution in [0.1, 0.15) is 42.2 Å². The van der Waals surface area contributed by atoms with Crippen LogP contribution in [0.5, 0.6) is 11.5 Å². The lowest BCUT2D eigenvalue weighted by molar-refractivity contribution is 0.0924. The Balaban J connectivity index is 1.71. The zero-order chi connectivity index (χ0) is 16.9. The topological polar surface area (TPSA) is 47.6 Å². The van der Waals surface area contributed by atoms with Gasteiger partial charge in [0.1, 0.15) is 11.5 Å². The highest BCUT2D eigenvalue weighted by Gasteiger charge is 2.23. The molecule has 0 aromatic heterocycles. The van der Waals surface area contributed by atoms with Crippen molar-refractivity contribution in [2.75, 3.05) is 13.2 Å². The molecule has 0 aliphatic carbocycles. The lowest BCUT2D eigenvalue weighted by Gasteiger charge is -2.26. The van der Waals surface area contributed by atoms with E-state index in [2.05, 4.69) is 19.2 Å². The lowest BCUT2D eigenvalue weighted by Crippen LogP contribution is -2.32. The van der Waals surface area contributed by atoms with Crippen molar-refractivity contribution < 1.29 is 14.3 Å². The number of amides is 1. The molecule has 2 aromatic rings. The third kappa shape index (κ3) is 3.88. The molecule has 0 bridgehead atoms. The number of benzene rings is 2. The maximum absolute atomic E-state index is 12.6. The van der Waals surface area contributed by atoms with Crippen molar-refractivity contribution >= 4 is 5.91 Å². The number of nitrogens with one attached hydrogen (secondary N) is 1. The van der Waals surface area contributed by atoms with E-state index >= 15 is 0 Å². The lowest BCUT2D eigenvalue weighted by atomic mass is 10.00. The summed E-state index contributed by atoms with van der Waals surface area (Å²) >= 11 is 0. The third-order valence-corrected chi connectivity index (χ3v) is 3.94. The van der Waals surface area contributed by atoms with Crippen molar-refractivity contribution in [3.05, 3.63) is 59.7 Å². The monoisotopic (exact) mass is 325 g/mol. The number of para-hydroxylation sites is 1. The summed E-state index contributed by atoms with van der Waals surface area (Å²) in [5.74, 6) is 1.93. The number of hydrogen-bond acceptors (Lipinski definition) is 3. The molecule has 0 saturated heterocycles. The Labute approximate surface area is 142 Å². The summed E-state index contributed by atoms with van der Waals surface area (Å²) in [5, 5.41) is 3.11. The van der Waals surface area contributed by atoms with Crippen LogP contribution in [0.15, 0.2) is 48.5 Å². The highest BCUT2D eigenvalue weighted by Crippen LogP contribution is 2.31. The van der Waals surface area contributed by atoms with Gasteiger partial charge in [0.15, 0.2) is 0 Å². The van der Waals surface area contributed by atoms with E-state index in [4.69, 9.17) is 9.47 Å². The molecule has 0 unspecified atom stereocenters. The fourth-order valence-electron chi connectivity index (χ4n) is 2.72. The summed E-state index contributed by atoms with van der Waals surface area (Å²) in [6.07, 6.45) is 0.770. The van der Waals surface area contributed by atoms with Crippen molar-refractivity contribution in [3.63, 3.8) is 0 Å². The van der Waals surface area contributed by atoms with Gasteiger partial charge in [0, 0.05) is 17.5 Å². The second kappa shape index (κ2) is 7.39. The van der Waals surface area contributed by atoms with Gasteiger partial charge < -0.3 is 14.8 Å². The number of ether oxygens (including phenoxy) is 2. The molecule has 1 aliphatic heterocycles. The van der Waals surface area contributed by atoms with Crippen LogP contribution in [-0.2, 0) is 0 Å². The van der Waals surface area contributed by atoms with E-state index in [1.54, 1.807) is 6.07 Å². The first-order valence-corrected chi connectivity index (χ1v) is 8.39. The van der Waals surface area contributed by atoms with Crippen molar-refractivity contribution in [2.24, 2.45) is 5.92 Å². The van der Waals surface area contributed by atoms with Gasteiger partial charge in [-0.3, -0.25) is 4.79 Å². The van der Waals surface area contributed by atoms with Crippen LogP contribution in [0.4, 0.5) is 0 Å². The average Bonchev–Trinajstić information content (AvgIpc) is 2.60. The van der Waals surface area contributed by atoms with Crippen molar-refractivity contribution in [1.29, 1.82) is 0 Å². The van der Waals surface area contributed by atoms with Crippen molar-refractivity contribution in [1.82, 2.24) is 5.32 Å². The van der Waals surface area contributed by atoms with E-state index in [-0.39, 0.29) is 11.9 Å². The van der Waals surface area contributed by atoms with Gasteiger partial charge in [-0.2, -0.15) is 0 Å². The summed E-state index contributed by atoms with van der Waals surface area (Å²) in [6, 6.07) is 15.2. The molecule has 4 nitrogen and oxygen atoms in total. The van der Waals surface area contributed by atoms with Crippen LogP contribution in [0.25, 0.3) is 0 Å². The van der Waals surface area contributed by atoms with E-state index < -0.39 is 0 Å². The normalized spacial score (nSPS) is 16.2. The first kappa shape index (κ1) is 16.4. The summed E-state index contributed by atoms with van der Waals surface area (Å²) in [4.78, 5) is 12.6. The molecule has 1 heterocycles. The zero-order valence-corrected chi connectivity index (χ0v) is 14.1. The SMILES string of the molecule is CC(C)COc1cccc(C(=O)N[C@H]2CCOc3ccccc32)c1. The second-order valence-electron chi connectivity index (χ2n) is 6.43. The number of hydrogen-bond donors (Lipinski definition) is 1. The van der Waals surface area contributed by atoms with E-state index in [1.165, 1.54) is 0 Å². The second-order valence-corrected chi connectivity index (χ2v) is 6.43. The molecule has 0 saturated carbocycles. The van der Waals surface area contributed by atoms with Gasteiger partial charge in [-0.05, 0) is 30.2 Å². The predicted octanol–water partition coefficient (Wildman–Crippen LogP) is 3.98. The van der Waals surface area contributed by atoms with E-state index in [0.717, 1.165) is 23.5 Å². The van der Waals surface area contributed by atoms with Crippen LogP contribution >= 0.6 is 0 Å². The Kier molecular flexibility index (Phi) is 5.04. The number of rotatable bonds is 5. The molecule has 0 fully saturated rings. The van der Waals surface area contributed by atoms with Gasteiger partial charge in [-0.15, -0.1) is 0 Å². The smallest absolute Gasteiger partial charge is 0.251 e. The third-order valence-electron chi connectivity index (χ3n) is 3.94. The first-order chi connectivity index (χ1) is 11.6. The van der Waals surface area contributed by atoms with Gasteiger partial charge in [-0.1, -0.05) is 38.1 Å². The summed E-state index contributed by atoms with van der Waals surface area (Å²) in [5.41, 5.74) is 1.64. The quantitative estimate of drug-likeness (QED) is 0.904. The minimum absolute atomic E-state index is 0.0253. The molecule has 4 heteroatoms. The molecular formula is C20H23NO3. The number of fused-ring (bicyclic) bond motifs is 1. The van der Waals surface area contributed by atoms with Crippen LogP contribution in [0, 0.1) is 5.92 Å². The Morgan fingerprint density at radius 2 is 2.08 bits per heavy atom. The van der Waals surface area contributed by atoms with E-state index in [9.17, 15) is 4.79 Å². The predicted molar refractivity (Wildman–Crippen MR) is 93.5 cm³/mol. The molecule has 3 rings (SSSR count). The van der Waals surface area contributed by atoms with Crippen LogP contribution in [-0.4, -0.2) is 19.1 Å². The summed E-state index contributed by atoms with van der Waals surface area (Å²) < 4.78 is 11.3. The maximum Gasteiger partial charge on any atom is 0.251 e. The molecule has 2 aromatic carbocycles. The molecule has 126 valence electrons. The molecule has 24 heavy (non-hydrogen) atoms. The largest absolute Gasteiger partial charge is 0.493 e.